The Kier molecular flexibility index (Phi) is 4.45. The molecule has 1 saturated carbocycles. The first kappa shape index (κ1) is 17.6. The van der Waals surface area contributed by atoms with Crippen LogP contribution in [-0.2, 0) is 4.79 Å². The van der Waals surface area contributed by atoms with E-state index in [1.807, 2.05) is 0 Å². The lowest BCUT2D eigenvalue weighted by atomic mass is 10.1. The molecule has 3 rings (SSSR count). The van der Waals surface area contributed by atoms with Gasteiger partial charge in [-0.2, -0.15) is 0 Å². The predicted octanol–water partition coefficient (Wildman–Crippen LogP) is 1.76. The summed E-state index contributed by atoms with van der Waals surface area (Å²) in [4.78, 5) is 50.6. The number of carbonyl (C=O) groups is 2. The molecule has 1 atom stereocenters. The molecule has 1 amide bonds. The molecule has 26 heavy (non-hydrogen) atoms. The minimum atomic E-state index is -1.02. The van der Waals surface area contributed by atoms with E-state index in [0.29, 0.717) is 5.52 Å². The number of aliphatic carboxylic acids is 1. The van der Waals surface area contributed by atoms with E-state index >= 15 is 0 Å². The van der Waals surface area contributed by atoms with E-state index in [4.69, 9.17) is 5.11 Å². The van der Waals surface area contributed by atoms with E-state index in [1.54, 1.807) is 0 Å². The number of rotatable bonds is 6. The predicted molar refractivity (Wildman–Crippen MR) is 92.1 cm³/mol. The molecule has 0 spiro atoms. The van der Waals surface area contributed by atoms with Crippen molar-refractivity contribution in [1.29, 1.82) is 0 Å². The summed E-state index contributed by atoms with van der Waals surface area (Å²) in [6, 6.07) is 4.90. The SMILES string of the molecule is CC(CN(C(=O)c1cc(=O)[nH]c2ccc([N+](=O)[O-])cc12)C1CC1)C(=O)O. The molecule has 1 heterocycles. The second-order valence-corrected chi connectivity index (χ2v) is 6.46. The van der Waals surface area contributed by atoms with Gasteiger partial charge in [0.05, 0.1) is 16.4 Å². The van der Waals surface area contributed by atoms with Gasteiger partial charge >= 0.3 is 5.97 Å². The molecule has 1 unspecified atom stereocenters. The summed E-state index contributed by atoms with van der Waals surface area (Å²) in [5.41, 5.74) is -0.349. The molecule has 2 N–H and O–H groups in total. The average molecular weight is 359 g/mol. The van der Waals surface area contributed by atoms with E-state index < -0.39 is 28.3 Å². The number of nitro groups is 1. The minimum absolute atomic E-state index is 0.0159. The van der Waals surface area contributed by atoms with Gasteiger partial charge in [-0.3, -0.25) is 24.5 Å². The fraction of sp³-hybridized carbons (Fsp3) is 0.353. The molecular formula is C17H17N3O6. The molecule has 0 saturated heterocycles. The highest BCUT2D eigenvalue weighted by molar-refractivity contribution is 6.06. The smallest absolute Gasteiger partial charge is 0.308 e. The van der Waals surface area contributed by atoms with Gasteiger partial charge in [0.15, 0.2) is 0 Å². The van der Waals surface area contributed by atoms with Gasteiger partial charge in [-0.25, -0.2) is 0 Å². The van der Waals surface area contributed by atoms with Crippen molar-refractivity contribution >= 4 is 28.5 Å². The van der Waals surface area contributed by atoms with Crippen molar-refractivity contribution in [3.8, 4) is 0 Å². The second kappa shape index (κ2) is 6.58. The summed E-state index contributed by atoms with van der Waals surface area (Å²) in [5.74, 6) is -2.27. The standard InChI is InChI=1S/C17H17N3O6/c1-9(17(23)24)8-19(10-2-3-10)16(22)13-7-15(21)18-14-5-4-11(20(25)26)6-12(13)14/h4-7,9-10H,2-3,8H2,1H3,(H,18,21)(H,23,24). The lowest BCUT2D eigenvalue weighted by Gasteiger charge is -2.25. The Bertz CT molecular complexity index is 963. The van der Waals surface area contributed by atoms with Crippen LogP contribution in [0.2, 0.25) is 0 Å². The van der Waals surface area contributed by atoms with Crippen LogP contribution in [0.15, 0.2) is 29.1 Å². The molecule has 1 aliphatic carbocycles. The van der Waals surface area contributed by atoms with Gasteiger partial charge in [0, 0.05) is 41.7 Å². The van der Waals surface area contributed by atoms with Gasteiger partial charge in [0.2, 0.25) is 5.56 Å². The zero-order valence-corrected chi connectivity index (χ0v) is 14.0. The summed E-state index contributed by atoms with van der Waals surface area (Å²) in [7, 11) is 0. The molecule has 0 radical (unpaired) electrons. The van der Waals surface area contributed by atoms with E-state index in [0.717, 1.165) is 18.9 Å². The number of non-ortho nitro benzene ring substituents is 1. The molecule has 9 nitrogen and oxygen atoms in total. The Hall–Kier alpha value is -3.23. The number of benzene rings is 1. The highest BCUT2D eigenvalue weighted by atomic mass is 16.6. The number of pyridine rings is 1. The number of nitrogens with zero attached hydrogens (tertiary/aromatic N) is 2. The highest BCUT2D eigenvalue weighted by Gasteiger charge is 2.35. The van der Waals surface area contributed by atoms with Crippen LogP contribution < -0.4 is 5.56 Å². The van der Waals surface area contributed by atoms with Gasteiger partial charge in [-0.1, -0.05) is 6.92 Å². The first-order valence-corrected chi connectivity index (χ1v) is 8.13. The Morgan fingerprint density at radius 2 is 2.08 bits per heavy atom. The lowest BCUT2D eigenvalue weighted by molar-refractivity contribution is -0.384. The van der Waals surface area contributed by atoms with Crippen molar-refractivity contribution in [2.45, 2.75) is 25.8 Å². The molecule has 1 fully saturated rings. The minimum Gasteiger partial charge on any atom is -0.481 e. The topological polar surface area (TPSA) is 134 Å². The number of carboxylic acid groups (broad SMARTS) is 1. The maximum atomic E-state index is 13.0. The molecule has 1 aromatic heterocycles. The normalized spacial score (nSPS) is 14.8. The number of carbonyl (C=O) groups excluding carboxylic acids is 1. The maximum absolute atomic E-state index is 13.0. The number of aromatic nitrogens is 1. The quantitative estimate of drug-likeness (QED) is 0.596. The number of nitrogens with one attached hydrogen (secondary N) is 1. The zero-order chi connectivity index (χ0) is 19.0. The number of fused-ring (bicyclic) bond motifs is 1. The van der Waals surface area contributed by atoms with Crippen molar-refractivity contribution in [3.05, 3.63) is 50.3 Å². The Labute approximate surface area is 147 Å². The molecule has 1 aliphatic rings. The maximum Gasteiger partial charge on any atom is 0.308 e. The van der Waals surface area contributed by atoms with Gasteiger partial charge in [0.25, 0.3) is 11.6 Å². The summed E-state index contributed by atoms with van der Waals surface area (Å²) in [5, 5.41) is 20.4. The molecule has 0 aliphatic heterocycles. The monoisotopic (exact) mass is 359 g/mol. The van der Waals surface area contributed by atoms with Crippen molar-refractivity contribution in [1.82, 2.24) is 9.88 Å². The largest absolute Gasteiger partial charge is 0.481 e. The molecule has 2 aromatic rings. The molecule has 0 bridgehead atoms. The lowest BCUT2D eigenvalue weighted by Crippen LogP contribution is -2.39. The van der Waals surface area contributed by atoms with Crippen LogP contribution in [0.4, 0.5) is 5.69 Å². The number of nitro benzene ring substituents is 1. The van der Waals surface area contributed by atoms with Crippen LogP contribution >= 0.6 is 0 Å². The average Bonchev–Trinajstić information content (AvgIpc) is 3.42. The molecular weight excluding hydrogens is 342 g/mol. The first-order chi connectivity index (χ1) is 12.3. The van der Waals surface area contributed by atoms with Gasteiger partial charge < -0.3 is 15.0 Å². The summed E-state index contributed by atoms with van der Waals surface area (Å²) < 4.78 is 0. The van der Waals surface area contributed by atoms with Crippen molar-refractivity contribution < 1.29 is 19.6 Å². The highest BCUT2D eigenvalue weighted by Crippen LogP contribution is 2.31. The van der Waals surface area contributed by atoms with Gasteiger partial charge in [0.1, 0.15) is 0 Å². The van der Waals surface area contributed by atoms with E-state index in [9.17, 15) is 24.5 Å². The van der Waals surface area contributed by atoms with E-state index in [1.165, 1.54) is 30.0 Å². The Morgan fingerprint density at radius 1 is 1.38 bits per heavy atom. The van der Waals surface area contributed by atoms with E-state index in [-0.39, 0.29) is 29.2 Å². The number of H-pyrrole nitrogens is 1. The van der Waals surface area contributed by atoms with Crippen LogP contribution in [0.25, 0.3) is 10.9 Å². The number of aromatic amines is 1. The van der Waals surface area contributed by atoms with Crippen molar-refractivity contribution in [2.75, 3.05) is 6.54 Å². The van der Waals surface area contributed by atoms with Crippen LogP contribution in [0, 0.1) is 16.0 Å². The number of carboxylic acids is 1. The van der Waals surface area contributed by atoms with Crippen molar-refractivity contribution in [3.63, 3.8) is 0 Å². The van der Waals surface area contributed by atoms with Gasteiger partial charge in [-0.15, -0.1) is 0 Å². The summed E-state index contributed by atoms with van der Waals surface area (Å²) >= 11 is 0. The summed E-state index contributed by atoms with van der Waals surface area (Å²) in [6.07, 6.45) is 1.53. The first-order valence-electron chi connectivity index (χ1n) is 8.13. The molecule has 1 aromatic carbocycles. The van der Waals surface area contributed by atoms with Crippen LogP contribution in [-0.4, -0.2) is 44.4 Å². The third-order valence-corrected chi connectivity index (χ3v) is 4.41. The van der Waals surface area contributed by atoms with Crippen LogP contribution in [0.3, 0.4) is 0 Å². The van der Waals surface area contributed by atoms with Crippen molar-refractivity contribution in [2.24, 2.45) is 5.92 Å². The number of amides is 1. The Balaban J connectivity index is 2.08. The third kappa shape index (κ3) is 3.41. The fourth-order valence-corrected chi connectivity index (χ4v) is 2.84. The third-order valence-electron chi connectivity index (χ3n) is 4.41. The number of hydrogen-bond acceptors (Lipinski definition) is 5. The molecule has 136 valence electrons. The Morgan fingerprint density at radius 3 is 2.65 bits per heavy atom. The fourth-order valence-electron chi connectivity index (χ4n) is 2.84. The van der Waals surface area contributed by atoms with E-state index in [2.05, 4.69) is 4.98 Å². The second-order valence-electron chi connectivity index (χ2n) is 6.46. The van der Waals surface area contributed by atoms with Gasteiger partial charge in [-0.05, 0) is 18.9 Å². The number of hydrogen-bond donors (Lipinski definition) is 2. The summed E-state index contributed by atoms with van der Waals surface area (Å²) in [6.45, 7) is 1.52. The zero-order valence-electron chi connectivity index (χ0n) is 14.0. The molecule has 9 heteroatoms. The van der Waals surface area contributed by atoms with Crippen LogP contribution in [0.5, 0.6) is 0 Å². The van der Waals surface area contributed by atoms with Crippen LogP contribution in [0.1, 0.15) is 30.1 Å².